The van der Waals surface area contributed by atoms with Crippen LogP contribution in [-0.2, 0) is 0 Å². The molecular weight excluding hydrogens is 463 g/mol. The van der Waals surface area contributed by atoms with E-state index in [-0.39, 0.29) is 5.82 Å². The molecular formula is C27H17FN4S2. The Hall–Kier alpha value is -3.73. The van der Waals surface area contributed by atoms with Gasteiger partial charge in [0.05, 0.1) is 34.0 Å². The molecule has 3 aromatic rings. The molecule has 3 aliphatic rings. The Labute approximate surface area is 205 Å². The molecule has 164 valence electrons. The summed E-state index contributed by atoms with van der Waals surface area (Å²) in [6, 6.07) is 26.5. The molecule has 34 heavy (non-hydrogen) atoms. The molecule has 6 rings (SSSR count). The average Bonchev–Trinajstić information content (AvgIpc) is 3.50. The molecule has 3 heterocycles. The molecule has 3 aromatic carbocycles. The lowest BCUT2D eigenvalue weighted by Gasteiger charge is -2.35. The number of thioether (sulfide) groups is 2. The van der Waals surface area contributed by atoms with Crippen molar-refractivity contribution in [3.05, 3.63) is 122 Å². The molecule has 1 atom stereocenters. The molecule has 3 aliphatic heterocycles. The highest BCUT2D eigenvalue weighted by molar-refractivity contribution is 8.06. The first-order valence-corrected chi connectivity index (χ1v) is 12.3. The third-order valence-corrected chi connectivity index (χ3v) is 8.07. The fourth-order valence-electron chi connectivity index (χ4n) is 4.44. The summed E-state index contributed by atoms with van der Waals surface area (Å²) in [7, 11) is 0. The van der Waals surface area contributed by atoms with E-state index in [1.165, 1.54) is 35.7 Å². The van der Waals surface area contributed by atoms with Crippen molar-refractivity contribution in [2.75, 3.05) is 4.90 Å². The Morgan fingerprint density at radius 2 is 1.71 bits per heavy atom. The predicted molar refractivity (Wildman–Crippen MR) is 136 cm³/mol. The van der Waals surface area contributed by atoms with Crippen LogP contribution in [0.1, 0.15) is 17.0 Å². The fraction of sp³-hybridized carbons (Fsp3) is 0.0370. The van der Waals surface area contributed by atoms with E-state index in [0.29, 0.717) is 17.0 Å². The number of amidine groups is 1. The van der Waals surface area contributed by atoms with E-state index in [4.69, 9.17) is 0 Å². The van der Waals surface area contributed by atoms with Gasteiger partial charge in [-0.2, -0.15) is 5.26 Å². The molecule has 0 radical (unpaired) electrons. The Balaban J connectivity index is 1.54. The number of nitrogens with one attached hydrogen (secondary N) is 2. The van der Waals surface area contributed by atoms with Gasteiger partial charge in [-0.15, -0.1) is 0 Å². The van der Waals surface area contributed by atoms with Crippen LogP contribution in [0.25, 0.3) is 5.70 Å². The highest BCUT2D eigenvalue weighted by Gasteiger charge is 2.43. The molecule has 0 fully saturated rings. The lowest BCUT2D eigenvalue weighted by atomic mass is 9.82. The third kappa shape index (κ3) is 3.26. The Kier molecular flexibility index (Phi) is 5.05. The number of hydrogen-bond acceptors (Lipinski definition) is 5. The summed E-state index contributed by atoms with van der Waals surface area (Å²) in [5, 5.41) is 26.7. The van der Waals surface area contributed by atoms with Crippen molar-refractivity contribution in [1.82, 2.24) is 5.32 Å². The smallest absolute Gasteiger partial charge is 0.137 e. The quantitative estimate of drug-likeness (QED) is 0.423. The van der Waals surface area contributed by atoms with E-state index >= 15 is 0 Å². The molecule has 4 nitrogen and oxygen atoms in total. The second-order valence-corrected chi connectivity index (χ2v) is 9.86. The molecule has 0 aliphatic carbocycles. The van der Waals surface area contributed by atoms with E-state index in [2.05, 4.69) is 11.4 Å². The van der Waals surface area contributed by atoms with Crippen molar-refractivity contribution in [3.8, 4) is 6.07 Å². The number of nitrogens with zero attached hydrogens (tertiary/aromatic N) is 2. The van der Waals surface area contributed by atoms with Crippen LogP contribution >= 0.6 is 23.5 Å². The van der Waals surface area contributed by atoms with Crippen LogP contribution in [0.2, 0.25) is 0 Å². The number of para-hydroxylation sites is 1. The fourth-order valence-corrected chi connectivity index (χ4v) is 6.55. The lowest BCUT2D eigenvalue weighted by Crippen LogP contribution is -2.37. The number of hydrogen-bond donors (Lipinski definition) is 2. The van der Waals surface area contributed by atoms with Crippen molar-refractivity contribution in [2.24, 2.45) is 0 Å². The predicted octanol–water partition coefficient (Wildman–Crippen LogP) is 6.79. The van der Waals surface area contributed by atoms with Crippen LogP contribution in [0.5, 0.6) is 0 Å². The number of rotatable bonds is 2. The zero-order valence-corrected chi connectivity index (χ0v) is 19.4. The first kappa shape index (κ1) is 20.8. The van der Waals surface area contributed by atoms with Gasteiger partial charge in [-0.1, -0.05) is 78.1 Å². The summed E-state index contributed by atoms with van der Waals surface area (Å²) >= 11 is 3.02. The maximum absolute atomic E-state index is 13.8. The molecule has 0 amide bonds. The topological polar surface area (TPSA) is 62.9 Å². The molecule has 2 N–H and O–H groups in total. The van der Waals surface area contributed by atoms with E-state index in [1.807, 2.05) is 64.9 Å². The zero-order chi connectivity index (χ0) is 23.2. The molecule has 0 saturated heterocycles. The number of allylic oxidation sites excluding steroid dienone is 1. The minimum absolute atomic E-state index is 0.318. The van der Waals surface area contributed by atoms with Crippen LogP contribution in [0.4, 0.5) is 10.1 Å². The molecule has 0 aromatic heterocycles. The number of halogens is 1. The second-order valence-electron chi connectivity index (χ2n) is 7.95. The van der Waals surface area contributed by atoms with E-state index in [0.717, 1.165) is 37.5 Å². The third-order valence-electron chi connectivity index (χ3n) is 6.00. The van der Waals surface area contributed by atoms with Crippen LogP contribution in [0.3, 0.4) is 0 Å². The van der Waals surface area contributed by atoms with Gasteiger partial charge in [0.1, 0.15) is 16.7 Å². The van der Waals surface area contributed by atoms with Gasteiger partial charge in [-0.3, -0.25) is 10.3 Å². The van der Waals surface area contributed by atoms with E-state index in [1.54, 1.807) is 12.1 Å². The standard InChI is InChI=1S/C27H17FN4S2/c28-18-12-10-17(11-13-18)23-19(14-29)27-32(21-8-4-5-9-22(21)34-27)25(30)24(23)26-31-20(15-33-26)16-6-2-1-3-7-16/h1-13,15,23,30-31H/t23-/m1/s1. The summed E-state index contributed by atoms with van der Waals surface area (Å²) in [4.78, 5) is 2.87. The van der Waals surface area contributed by atoms with Crippen molar-refractivity contribution < 1.29 is 4.39 Å². The van der Waals surface area contributed by atoms with Gasteiger partial charge < -0.3 is 5.32 Å². The van der Waals surface area contributed by atoms with Gasteiger partial charge >= 0.3 is 0 Å². The molecule has 0 bridgehead atoms. The van der Waals surface area contributed by atoms with Crippen LogP contribution in [-0.4, -0.2) is 5.84 Å². The van der Waals surface area contributed by atoms with E-state index < -0.39 is 5.92 Å². The highest BCUT2D eigenvalue weighted by atomic mass is 32.2. The maximum Gasteiger partial charge on any atom is 0.137 e. The Morgan fingerprint density at radius 1 is 0.971 bits per heavy atom. The molecule has 0 spiro atoms. The number of nitriles is 1. The summed E-state index contributed by atoms with van der Waals surface area (Å²) in [5.41, 5.74) is 4.94. The molecule has 7 heteroatoms. The van der Waals surface area contributed by atoms with Gasteiger partial charge in [-0.25, -0.2) is 4.39 Å². The number of benzene rings is 3. The average molecular weight is 481 g/mol. The van der Waals surface area contributed by atoms with Crippen molar-refractivity contribution in [3.63, 3.8) is 0 Å². The summed E-state index contributed by atoms with van der Waals surface area (Å²) in [6.07, 6.45) is 0. The first-order chi connectivity index (χ1) is 16.7. The van der Waals surface area contributed by atoms with E-state index in [9.17, 15) is 15.1 Å². The van der Waals surface area contributed by atoms with Crippen molar-refractivity contribution >= 4 is 40.7 Å². The van der Waals surface area contributed by atoms with Crippen molar-refractivity contribution in [1.29, 1.82) is 10.7 Å². The minimum atomic E-state index is -0.482. The minimum Gasteiger partial charge on any atom is -0.349 e. The SMILES string of the molecule is N#CC1=C2Sc3ccccc3N2C(=N)C(=C2NC(c3ccccc3)=CS2)[C@@H]1c1ccc(F)cc1. The largest absolute Gasteiger partial charge is 0.349 e. The maximum atomic E-state index is 13.8. The number of anilines is 1. The van der Waals surface area contributed by atoms with Gasteiger partial charge in [0.15, 0.2) is 0 Å². The Morgan fingerprint density at radius 3 is 2.47 bits per heavy atom. The van der Waals surface area contributed by atoms with Crippen LogP contribution in [0, 0.1) is 22.6 Å². The summed E-state index contributed by atoms with van der Waals surface area (Å²) in [6.45, 7) is 0. The molecule has 0 unspecified atom stereocenters. The van der Waals surface area contributed by atoms with Crippen LogP contribution in [0.15, 0.2) is 110 Å². The monoisotopic (exact) mass is 480 g/mol. The van der Waals surface area contributed by atoms with Gasteiger partial charge in [-0.05, 0) is 35.4 Å². The highest BCUT2D eigenvalue weighted by Crippen LogP contribution is 2.55. The van der Waals surface area contributed by atoms with Crippen LogP contribution < -0.4 is 10.2 Å². The number of fused-ring (bicyclic) bond motifs is 3. The Bertz CT molecular complexity index is 1470. The zero-order valence-electron chi connectivity index (χ0n) is 17.7. The van der Waals surface area contributed by atoms with Gasteiger partial charge in [0.2, 0.25) is 0 Å². The molecule has 0 saturated carbocycles. The van der Waals surface area contributed by atoms with Gasteiger partial charge in [0, 0.05) is 15.9 Å². The lowest BCUT2D eigenvalue weighted by molar-refractivity contribution is 0.626. The normalized spacial score (nSPS) is 21.1. The summed E-state index contributed by atoms with van der Waals surface area (Å²) in [5.74, 6) is -0.496. The van der Waals surface area contributed by atoms with Crippen molar-refractivity contribution in [2.45, 2.75) is 10.8 Å². The van der Waals surface area contributed by atoms with Gasteiger partial charge in [0.25, 0.3) is 0 Å². The second kappa shape index (κ2) is 8.24. The summed E-state index contributed by atoms with van der Waals surface area (Å²) < 4.78 is 13.8. The first-order valence-electron chi connectivity index (χ1n) is 10.6.